The van der Waals surface area contributed by atoms with Crippen LogP contribution in [0.5, 0.6) is 5.75 Å². The van der Waals surface area contributed by atoms with E-state index >= 15 is 0 Å². The molecule has 0 radical (unpaired) electrons. The first-order valence-corrected chi connectivity index (χ1v) is 10.2. The summed E-state index contributed by atoms with van der Waals surface area (Å²) in [6, 6.07) is 9.56. The molecule has 8 heteroatoms. The Morgan fingerprint density at radius 2 is 2.21 bits per heavy atom. The van der Waals surface area contributed by atoms with Gasteiger partial charge < -0.3 is 9.47 Å². The topological polar surface area (TPSA) is 68.2 Å². The highest BCUT2D eigenvalue weighted by molar-refractivity contribution is 6.32. The van der Waals surface area contributed by atoms with Crippen molar-refractivity contribution >= 4 is 11.6 Å². The maximum absolute atomic E-state index is 6.12. The molecular formula is C21H26ClN5O2. The number of halogens is 1. The van der Waals surface area contributed by atoms with E-state index in [1.807, 2.05) is 42.2 Å². The first kappa shape index (κ1) is 19.9. The van der Waals surface area contributed by atoms with Crippen molar-refractivity contribution < 1.29 is 9.47 Å². The zero-order chi connectivity index (χ0) is 20.2. The van der Waals surface area contributed by atoms with Crippen molar-refractivity contribution in [1.82, 2.24) is 24.9 Å². The fourth-order valence-electron chi connectivity index (χ4n) is 3.47. The summed E-state index contributed by atoms with van der Waals surface area (Å²) in [6.07, 6.45) is 2.64. The lowest BCUT2D eigenvalue weighted by Gasteiger charge is -2.32. The van der Waals surface area contributed by atoms with Crippen LogP contribution in [0.2, 0.25) is 5.02 Å². The van der Waals surface area contributed by atoms with E-state index in [0.717, 1.165) is 37.4 Å². The van der Waals surface area contributed by atoms with Gasteiger partial charge in [0.25, 0.3) is 0 Å². The lowest BCUT2D eigenvalue weighted by atomic mass is 10.1. The standard InChI is InChI=1S/C21H26ClN5O2/c1-15-16(12-23-26(15)2)13-27-8-10-29-21(14-27)19-11-17(24-25-19)7-9-28-20-6-4-3-5-18(20)22/h3-6,11-12,21H,7-10,13-14H2,1-2H3,(H,24,25)/t21-/m0/s1. The maximum atomic E-state index is 6.12. The molecule has 1 saturated heterocycles. The van der Waals surface area contributed by atoms with Crippen LogP contribution in [-0.2, 0) is 24.8 Å². The Morgan fingerprint density at radius 1 is 1.34 bits per heavy atom. The van der Waals surface area contributed by atoms with E-state index in [1.165, 1.54) is 11.3 Å². The molecule has 3 aromatic rings. The summed E-state index contributed by atoms with van der Waals surface area (Å²) in [7, 11) is 1.97. The summed E-state index contributed by atoms with van der Waals surface area (Å²) < 4.78 is 13.7. The molecule has 4 rings (SSSR count). The third-order valence-electron chi connectivity index (χ3n) is 5.33. The summed E-state index contributed by atoms with van der Waals surface area (Å²) in [5, 5.41) is 12.5. The van der Waals surface area contributed by atoms with E-state index in [1.54, 1.807) is 0 Å². The first-order chi connectivity index (χ1) is 14.1. The van der Waals surface area contributed by atoms with Gasteiger partial charge in [-0.2, -0.15) is 10.2 Å². The fourth-order valence-corrected chi connectivity index (χ4v) is 3.66. The molecular weight excluding hydrogens is 390 g/mol. The monoisotopic (exact) mass is 415 g/mol. The quantitative estimate of drug-likeness (QED) is 0.641. The largest absolute Gasteiger partial charge is 0.492 e. The summed E-state index contributed by atoms with van der Waals surface area (Å²) in [5.41, 5.74) is 4.42. The Labute approximate surface area is 175 Å². The predicted octanol–water partition coefficient (Wildman–Crippen LogP) is 3.30. The molecule has 7 nitrogen and oxygen atoms in total. The number of benzene rings is 1. The Bertz CT molecular complexity index is 954. The predicted molar refractivity (Wildman–Crippen MR) is 111 cm³/mol. The Hall–Kier alpha value is -2.35. The van der Waals surface area contributed by atoms with Gasteiger partial charge in [-0.3, -0.25) is 14.7 Å². The number of nitrogens with zero attached hydrogens (tertiary/aromatic N) is 4. The molecule has 1 atom stereocenters. The van der Waals surface area contributed by atoms with Gasteiger partial charge in [-0.05, 0) is 25.1 Å². The van der Waals surface area contributed by atoms with Gasteiger partial charge in [-0.1, -0.05) is 23.7 Å². The zero-order valence-corrected chi connectivity index (χ0v) is 17.5. The Kier molecular flexibility index (Phi) is 6.18. The van der Waals surface area contributed by atoms with Crippen LogP contribution in [0, 0.1) is 6.92 Å². The highest BCUT2D eigenvalue weighted by atomic mass is 35.5. The van der Waals surface area contributed by atoms with Gasteiger partial charge in [0, 0.05) is 50.1 Å². The summed E-state index contributed by atoms with van der Waals surface area (Å²) in [5.74, 6) is 0.700. The van der Waals surface area contributed by atoms with Crippen molar-refractivity contribution in [3.05, 3.63) is 64.2 Å². The molecule has 1 aliphatic heterocycles. The van der Waals surface area contributed by atoms with E-state index in [0.29, 0.717) is 24.0 Å². The highest BCUT2D eigenvalue weighted by Crippen LogP contribution is 2.25. The average molecular weight is 416 g/mol. The number of rotatable bonds is 7. The summed E-state index contributed by atoms with van der Waals surface area (Å²) in [4.78, 5) is 2.40. The molecule has 1 fully saturated rings. The molecule has 3 heterocycles. The number of H-pyrrole nitrogens is 1. The van der Waals surface area contributed by atoms with Crippen LogP contribution in [0.3, 0.4) is 0 Å². The lowest BCUT2D eigenvalue weighted by Crippen LogP contribution is -2.38. The number of nitrogens with one attached hydrogen (secondary N) is 1. The normalized spacial score (nSPS) is 17.6. The second-order valence-corrected chi connectivity index (χ2v) is 7.73. The smallest absolute Gasteiger partial charge is 0.137 e. The Morgan fingerprint density at radius 3 is 3.00 bits per heavy atom. The SMILES string of the molecule is Cc1c(CN2CCO[C@H](c3cc(CCOc4ccccc4Cl)[nH]n3)C2)cnn1C. The minimum atomic E-state index is -0.0322. The third-order valence-corrected chi connectivity index (χ3v) is 5.64. The molecule has 0 amide bonds. The van der Waals surface area contributed by atoms with Crippen molar-refractivity contribution in [2.75, 3.05) is 26.3 Å². The van der Waals surface area contributed by atoms with E-state index < -0.39 is 0 Å². The van der Waals surface area contributed by atoms with Crippen LogP contribution in [0.1, 0.15) is 28.7 Å². The van der Waals surface area contributed by atoms with Crippen molar-refractivity contribution in [3.63, 3.8) is 0 Å². The van der Waals surface area contributed by atoms with Gasteiger partial charge >= 0.3 is 0 Å². The molecule has 0 bridgehead atoms. The maximum Gasteiger partial charge on any atom is 0.137 e. The van der Waals surface area contributed by atoms with Crippen LogP contribution < -0.4 is 4.74 Å². The highest BCUT2D eigenvalue weighted by Gasteiger charge is 2.25. The molecule has 0 unspecified atom stereocenters. The number of morpholine rings is 1. The second kappa shape index (κ2) is 8.98. The minimum absolute atomic E-state index is 0.0322. The van der Waals surface area contributed by atoms with Gasteiger partial charge in [0.15, 0.2) is 0 Å². The van der Waals surface area contributed by atoms with Crippen LogP contribution in [-0.4, -0.2) is 51.2 Å². The number of aromatic nitrogens is 4. The summed E-state index contributed by atoms with van der Waals surface area (Å²) in [6.45, 7) is 5.93. The van der Waals surface area contributed by atoms with E-state index in [2.05, 4.69) is 33.2 Å². The van der Waals surface area contributed by atoms with Gasteiger partial charge in [0.2, 0.25) is 0 Å². The molecule has 0 aliphatic carbocycles. The van der Waals surface area contributed by atoms with Crippen LogP contribution in [0.25, 0.3) is 0 Å². The number of aromatic amines is 1. The number of aryl methyl sites for hydroxylation is 1. The number of hydrogen-bond acceptors (Lipinski definition) is 5. The third kappa shape index (κ3) is 4.80. The number of para-hydroxylation sites is 1. The van der Waals surface area contributed by atoms with Gasteiger partial charge in [0.05, 0.1) is 30.1 Å². The van der Waals surface area contributed by atoms with Gasteiger partial charge in [-0.25, -0.2) is 0 Å². The van der Waals surface area contributed by atoms with Crippen LogP contribution >= 0.6 is 11.6 Å². The fraction of sp³-hybridized carbons (Fsp3) is 0.429. The van der Waals surface area contributed by atoms with Gasteiger partial charge in [0.1, 0.15) is 11.9 Å². The Balaban J connectivity index is 1.31. The molecule has 0 saturated carbocycles. The van der Waals surface area contributed by atoms with Crippen LogP contribution in [0.4, 0.5) is 0 Å². The molecule has 1 aliphatic rings. The molecule has 1 aromatic carbocycles. The molecule has 29 heavy (non-hydrogen) atoms. The van der Waals surface area contributed by atoms with Crippen molar-refractivity contribution in [2.24, 2.45) is 7.05 Å². The van der Waals surface area contributed by atoms with Crippen molar-refractivity contribution in [1.29, 1.82) is 0 Å². The number of hydrogen-bond donors (Lipinski definition) is 1. The lowest BCUT2D eigenvalue weighted by molar-refractivity contribution is -0.0350. The van der Waals surface area contributed by atoms with E-state index in [-0.39, 0.29) is 6.10 Å². The first-order valence-electron chi connectivity index (χ1n) is 9.83. The second-order valence-electron chi connectivity index (χ2n) is 7.32. The van der Waals surface area contributed by atoms with E-state index in [9.17, 15) is 0 Å². The number of ether oxygens (including phenoxy) is 2. The van der Waals surface area contributed by atoms with Gasteiger partial charge in [-0.15, -0.1) is 0 Å². The zero-order valence-electron chi connectivity index (χ0n) is 16.8. The molecule has 0 spiro atoms. The molecule has 154 valence electrons. The van der Waals surface area contributed by atoms with E-state index in [4.69, 9.17) is 21.1 Å². The minimum Gasteiger partial charge on any atom is -0.492 e. The average Bonchev–Trinajstić information content (AvgIpc) is 3.32. The van der Waals surface area contributed by atoms with Crippen molar-refractivity contribution in [3.8, 4) is 5.75 Å². The molecule has 2 aromatic heterocycles. The molecule has 1 N–H and O–H groups in total. The van der Waals surface area contributed by atoms with Crippen LogP contribution in [0.15, 0.2) is 36.5 Å². The summed E-state index contributed by atoms with van der Waals surface area (Å²) >= 11 is 6.12. The van der Waals surface area contributed by atoms with Crippen molar-refractivity contribution in [2.45, 2.75) is 26.0 Å².